The average molecular weight is 397 g/mol. The van der Waals surface area contributed by atoms with E-state index in [2.05, 4.69) is 5.10 Å². The number of nitrogens with zero attached hydrogens (tertiary/aromatic N) is 3. The predicted octanol–water partition coefficient (Wildman–Crippen LogP) is 2.89. The number of Topliss-reactive ketones (excluding diaryl/α,β-unsaturated/α-hetero) is 1. The largest absolute Gasteiger partial charge is 0.497 e. The molecule has 28 heavy (non-hydrogen) atoms. The second-order valence-electron chi connectivity index (χ2n) is 6.56. The van der Waals surface area contributed by atoms with E-state index < -0.39 is 10.0 Å². The van der Waals surface area contributed by atoms with Crippen LogP contribution in [-0.4, -0.2) is 38.1 Å². The number of carbonyl (C=O) groups excluding carboxylic acids is 1. The lowest BCUT2D eigenvalue weighted by molar-refractivity contribution is 0.0967. The van der Waals surface area contributed by atoms with E-state index >= 15 is 0 Å². The van der Waals surface area contributed by atoms with E-state index in [9.17, 15) is 13.2 Å². The number of methoxy groups -OCH3 is 1. The van der Waals surface area contributed by atoms with Crippen LogP contribution in [0.4, 0.5) is 5.69 Å². The minimum Gasteiger partial charge on any atom is -0.497 e. The molecule has 0 saturated carbocycles. The Morgan fingerprint density at radius 2 is 1.79 bits per heavy atom. The predicted molar refractivity (Wildman–Crippen MR) is 105 cm³/mol. The van der Waals surface area contributed by atoms with Gasteiger partial charge in [-0.3, -0.25) is 13.8 Å². The lowest BCUT2D eigenvalue weighted by Crippen LogP contribution is -2.30. The van der Waals surface area contributed by atoms with Gasteiger partial charge in [0, 0.05) is 18.2 Å². The summed E-state index contributed by atoms with van der Waals surface area (Å²) in [5.74, 6) is 0.551. The van der Waals surface area contributed by atoms with Crippen LogP contribution in [-0.2, 0) is 16.6 Å². The molecule has 0 atom stereocenters. The summed E-state index contributed by atoms with van der Waals surface area (Å²) in [6.07, 6.45) is 0. The molecule has 0 fully saturated rings. The molecule has 1 aliphatic heterocycles. The Morgan fingerprint density at radius 3 is 2.46 bits per heavy atom. The van der Waals surface area contributed by atoms with Crippen molar-refractivity contribution >= 4 is 21.5 Å². The summed E-state index contributed by atoms with van der Waals surface area (Å²) in [5, 5.41) is 4.57. The molecule has 7 nitrogen and oxygen atoms in total. The highest BCUT2D eigenvalue weighted by atomic mass is 32.2. The maximum atomic E-state index is 12.8. The lowest BCUT2D eigenvalue weighted by atomic mass is 10.1. The van der Waals surface area contributed by atoms with Crippen molar-refractivity contribution in [2.75, 3.05) is 18.5 Å². The third kappa shape index (κ3) is 2.68. The molecule has 8 heteroatoms. The van der Waals surface area contributed by atoms with Crippen molar-refractivity contribution in [2.45, 2.75) is 18.4 Å². The first-order valence-electron chi connectivity index (χ1n) is 8.67. The Hall–Kier alpha value is -3.13. The van der Waals surface area contributed by atoms with Crippen LogP contribution >= 0.6 is 0 Å². The quantitative estimate of drug-likeness (QED) is 0.633. The van der Waals surface area contributed by atoms with Gasteiger partial charge in [0.2, 0.25) is 0 Å². The lowest BCUT2D eigenvalue weighted by Gasteiger charge is -2.26. The monoisotopic (exact) mass is 397 g/mol. The zero-order valence-electron chi connectivity index (χ0n) is 15.7. The van der Waals surface area contributed by atoms with E-state index in [1.54, 1.807) is 67.2 Å². The first kappa shape index (κ1) is 18.2. The number of anilines is 1. The first-order valence-corrected chi connectivity index (χ1v) is 10.1. The van der Waals surface area contributed by atoms with Crippen LogP contribution in [0.15, 0.2) is 53.4 Å². The molecule has 0 radical (unpaired) electrons. The molecule has 2 heterocycles. The number of carbonyl (C=O) groups is 1. The zero-order valence-corrected chi connectivity index (χ0v) is 16.5. The normalized spacial score (nSPS) is 14.3. The second-order valence-corrected chi connectivity index (χ2v) is 8.50. The highest BCUT2D eigenvalue weighted by Crippen LogP contribution is 2.43. The highest BCUT2D eigenvalue weighted by molar-refractivity contribution is 7.93. The van der Waals surface area contributed by atoms with Crippen molar-refractivity contribution in [1.29, 1.82) is 0 Å². The molecule has 0 saturated heterocycles. The van der Waals surface area contributed by atoms with Crippen LogP contribution in [0.5, 0.6) is 5.75 Å². The van der Waals surface area contributed by atoms with E-state index in [1.807, 2.05) is 0 Å². The van der Waals surface area contributed by atoms with Gasteiger partial charge in [-0.1, -0.05) is 18.2 Å². The summed E-state index contributed by atoms with van der Waals surface area (Å²) in [6.45, 7) is 1.79. The van der Waals surface area contributed by atoms with Crippen LogP contribution in [0, 0.1) is 6.92 Å². The molecule has 0 unspecified atom stereocenters. The molecule has 144 valence electrons. The van der Waals surface area contributed by atoms with Gasteiger partial charge in [-0.25, -0.2) is 8.42 Å². The molecule has 0 amide bonds. The van der Waals surface area contributed by atoms with Gasteiger partial charge in [0.1, 0.15) is 23.7 Å². The molecule has 0 bridgehead atoms. The number of benzene rings is 2. The molecule has 2 aromatic carbocycles. The van der Waals surface area contributed by atoms with E-state index in [0.29, 0.717) is 34.0 Å². The SMILES string of the molecule is COc1ccc(C(=O)Cn2nc3c(c2C)N(C)S(=O)(=O)c2ccccc2-3)cc1. The van der Waals surface area contributed by atoms with Crippen molar-refractivity contribution in [3.8, 4) is 17.0 Å². The van der Waals surface area contributed by atoms with Crippen LogP contribution in [0.3, 0.4) is 0 Å². The molecule has 1 aromatic heterocycles. The number of hydrogen-bond donors (Lipinski definition) is 0. The number of sulfonamides is 1. The summed E-state index contributed by atoms with van der Waals surface area (Å²) in [5.41, 5.74) is 2.77. The third-order valence-electron chi connectivity index (χ3n) is 4.98. The summed E-state index contributed by atoms with van der Waals surface area (Å²) in [4.78, 5) is 12.9. The fourth-order valence-electron chi connectivity index (χ4n) is 3.41. The standard InChI is InChI=1S/C20H19N3O4S/c1-13-20-19(16-6-4-5-7-18(16)28(25,26)22(20)2)21-23(13)12-17(24)14-8-10-15(27-3)11-9-14/h4-11H,12H2,1-3H3. The number of ketones is 1. The summed E-state index contributed by atoms with van der Waals surface area (Å²) < 4.78 is 33.6. The Balaban J connectivity index is 1.76. The maximum Gasteiger partial charge on any atom is 0.264 e. The number of fused-ring (bicyclic) bond motifs is 3. The Bertz CT molecular complexity index is 1180. The van der Waals surface area contributed by atoms with Crippen LogP contribution in [0.1, 0.15) is 16.1 Å². The Kier molecular flexibility index (Phi) is 4.23. The Morgan fingerprint density at radius 1 is 1.11 bits per heavy atom. The van der Waals surface area contributed by atoms with Crippen molar-refractivity contribution in [3.05, 3.63) is 59.8 Å². The van der Waals surface area contributed by atoms with Crippen molar-refractivity contribution < 1.29 is 17.9 Å². The summed E-state index contributed by atoms with van der Waals surface area (Å²) in [7, 11) is -0.576. The van der Waals surface area contributed by atoms with Gasteiger partial charge in [0.15, 0.2) is 5.78 Å². The first-order chi connectivity index (χ1) is 13.3. The fraction of sp³-hybridized carbons (Fsp3) is 0.200. The molecule has 0 spiro atoms. The van der Waals surface area contributed by atoms with Gasteiger partial charge in [-0.05, 0) is 37.3 Å². The third-order valence-corrected chi connectivity index (χ3v) is 6.79. The molecule has 0 N–H and O–H groups in total. The van der Waals surface area contributed by atoms with Crippen LogP contribution in [0.25, 0.3) is 11.3 Å². The maximum absolute atomic E-state index is 12.8. The zero-order chi connectivity index (χ0) is 20.1. The van der Waals surface area contributed by atoms with Gasteiger partial charge in [0.25, 0.3) is 10.0 Å². The highest BCUT2D eigenvalue weighted by Gasteiger charge is 2.36. The van der Waals surface area contributed by atoms with Gasteiger partial charge in [-0.2, -0.15) is 5.10 Å². The average Bonchev–Trinajstić information content (AvgIpc) is 3.03. The second kappa shape index (κ2) is 6.49. The molecule has 3 aromatic rings. The van der Waals surface area contributed by atoms with Crippen LogP contribution in [0.2, 0.25) is 0 Å². The Labute approximate surface area is 163 Å². The number of ether oxygens (including phenoxy) is 1. The van der Waals surface area contributed by atoms with E-state index in [-0.39, 0.29) is 17.2 Å². The van der Waals surface area contributed by atoms with E-state index in [0.717, 1.165) is 0 Å². The van der Waals surface area contributed by atoms with E-state index in [1.165, 1.54) is 11.4 Å². The fourth-order valence-corrected chi connectivity index (χ4v) is 4.86. The van der Waals surface area contributed by atoms with Gasteiger partial charge < -0.3 is 4.74 Å². The molecule has 0 aliphatic carbocycles. The van der Waals surface area contributed by atoms with E-state index in [4.69, 9.17) is 4.74 Å². The number of rotatable bonds is 4. The topological polar surface area (TPSA) is 81.5 Å². The van der Waals surface area contributed by atoms with Crippen molar-refractivity contribution in [2.24, 2.45) is 0 Å². The van der Waals surface area contributed by atoms with Crippen molar-refractivity contribution in [3.63, 3.8) is 0 Å². The summed E-state index contributed by atoms with van der Waals surface area (Å²) >= 11 is 0. The molecular formula is C20H19N3O4S. The minimum atomic E-state index is -3.65. The van der Waals surface area contributed by atoms with Gasteiger partial charge in [-0.15, -0.1) is 0 Å². The minimum absolute atomic E-state index is 0.0151. The molecular weight excluding hydrogens is 378 g/mol. The molecule has 1 aliphatic rings. The summed E-state index contributed by atoms with van der Waals surface area (Å²) in [6, 6.07) is 13.6. The van der Waals surface area contributed by atoms with Crippen molar-refractivity contribution in [1.82, 2.24) is 9.78 Å². The number of hydrogen-bond acceptors (Lipinski definition) is 5. The van der Waals surface area contributed by atoms with Crippen LogP contribution < -0.4 is 9.04 Å². The number of aromatic nitrogens is 2. The molecule has 4 rings (SSSR count). The smallest absolute Gasteiger partial charge is 0.264 e. The van der Waals surface area contributed by atoms with Gasteiger partial charge in [0.05, 0.1) is 17.7 Å². The van der Waals surface area contributed by atoms with Gasteiger partial charge >= 0.3 is 0 Å².